The van der Waals surface area contributed by atoms with Gasteiger partial charge in [0.1, 0.15) is 0 Å². The van der Waals surface area contributed by atoms with Gasteiger partial charge in [-0.1, -0.05) is 60.3 Å². The first-order chi connectivity index (χ1) is 15.8. The van der Waals surface area contributed by atoms with Crippen LogP contribution in [0, 0.1) is 52.3 Å². The van der Waals surface area contributed by atoms with Crippen LogP contribution in [0.3, 0.4) is 0 Å². The molecule has 1 saturated heterocycles. The molecule has 0 amide bonds. The van der Waals surface area contributed by atoms with E-state index in [1.54, 1.807) is 44.9 Å². The number of rotatable bonds is 6. The van der Waals surface area contributed by atoms with Crippen molar-refractivity contribution >= 4 is 0 Å². The third-order valence-corrected chi connectivity index (χ3v) is 12.7. The molecular weight excluding hydrogens is 398 g/mol. The van der Waals surface area contributed by atoms with E-state index in [4.69, 9.17) is 0 Å². The maximum atomic E-state index is 2.91. The van der Waals surface area contributed by atoms with Gasteiger partial charge in [0.05, 0.1) is 0 Å². The number of nitrogens with zero attached hydrogens (tertiary/aromatic N) is 1. The molecule has 33 heavy (non-hydrogen) atoms. The molecule has 0 bridgehead atoms. The summed E-state index contributed by atoms with van der Waals surface area (Å²) in [6, 6.07) is 0.927. The summed E-state index contributed by atoms with van der Waals surface area (Å²) >= 11 is 0. The molecule has 0 unspecified atom stereocenters. The second-order valence-corrected chi connectivity index (χ2v) is 14.7. The second-order valence-electron chi connectivity index (χ2n) is 14.7. The highest BCUT2D eigenvalue weighted by molar-refractivity contribution is 5.10. The molecule has 9 atom stereocenters. The van der Waals surface area contributed by atoms with Gasteiger partial charge in [-0.25, -0.2) is 0 Å². The van der Waals surface area contributed by atoms with Crippen molar-refractivity contribution in [3.05, 3.63) is 0 Å². The molecule has 1 nitrogen and oxygen atoms in total. The predicted molar refractivity (Wildman–Crippen MR) is 142 cm³/mol. The van der Waals surface area contributed by atoms with E-state index in [0.29, 0.717) is 10.8 Å². The highest BCUT2D eigenvalue weighted by Gasteiger charge is 2.60. The van der Waals surface area contributed by atoms with Crippen LogP contribution in [-0.4, -0.2) is 24.0 Å². The Morgan fingerprint density at radius 3 is 2.24 bits per heavy atom. The lowest BCUT2D eigenvalue weighted by atomic mass is 9.44. The average Bonchev–Trinajstić information content (AvgIpc) is 3.16. The van der Waals surface area contributed by atoms with Crippen molar-refractivity contribution in [3.8, 4) is 0 Å². The van der Waals surface area contributed by atoms with E-state index in [1.165, 1.54) is 64.5 Å². The molecular formula is C32H57N. The lowest BCUT2D eigenvalue weighted by molar-refractivity contribution is -0.124. The van der Waals surface area contributed by atoms with Crippen molar-refractivity contribution in [2.24, 2.45) is 52.3 Å². The Morgan fingerprint density at radius 1 is 0.758 bits per heavy atom. The second kappa shape index (κ2) is 9.78. The fourth-order valence-corrected chi connectivity index (χ4v) is 10.9. The number of piperidine rings is 1. The zero-order chi connectivity index (χ0) is 23.2. The minimum absolute atomic E-state index is 0.659. The van der Waals surface area contributed by atoms with Crippen LogP contribution in [0.2, 0.25) is 0 Å². The van der Waals surface area contributed by atoms with Crippen molar-refractivity contribution in [2.45, 2.75) is 137 Å². The lowest BCUT2D eigenvalue weighted by Crippen LogP contribution is -2.56. The summed E-state index contributed by atoms with van der Waals surface area (Å²) in [5, 5.41) is 0. The van der Waals surface area contributed by atoms with Crippen LogP contribution in [0.15, 0.2) is 0 Å². The Morgan fingerprint density at radius 2 is 1.48 bits per heavy atom. The molecule has 190 valence electrons. The van der Waals surface area contributed by atoms with Crippen molar-refractivity contribution in [1.82, 2.24) is 4.90 Å². The van der Waals surface area contributed by atoms with E-state index in [9.17, 15) is 0 Å². The fourth-order valence-electron chi connectivity index (χ4n) is 10.9. The van der Waals surface area contributed by atoms with Crippen LogP contribution in [0.25, 0.3) is 0 Å². The number of fused-ring (bicyclic) bond motifs is 5. The summed E-state index contributed by atoms with van der Waals surface area (Å²) in [5.41, 5.74) is 1.32. The summed E-state index contributed by atoms with van der Waals surface area (Å²) < 4.78 is 0. The van der Waals surface area contributed by atoms with Gasteiger partial charge in [-0.2, -0.15) is 0 Å². The maximum absolute atomic E-state index is 2.91. The van der Waals surface area contributed by atoms with Gasteiger partial charge in [0.15, 0.2) is 0 Å². The molecule has 4 aliphatic carbocycles. The minimum Gasteiger partial charge on any atom is -0.300 e. The Hall–Kier alpha value is -0.0400. The van der Waals surface area contributed by atoms with E-state index >= 15 is 0 Å². The standard InChI is InChI=1S/C32H57N/c1-23(2)10-9-11-24(3)28-14-15-29-27-13-12-25-22-26(33-20-7-6-8-21-33)16-18-31(25,4)30(27)17-19-32(28,29)5/h23-30H,6-22H2,1-5H3/t24-,25-,26+,27+,28-,29+,30+,31+,32-/m1/s1. The number of hydrogen-bond acceptors (Lipinski definition) is 1. The fraction of sp³-hybridized carbons (Fsp3) is 1.00. The number of hydrogen-bond donors (Lipinski definition) is 0. The molecule has 0 N–H and O–H groups in total. The van der Waals surface area contributed by atoms with Gasteiger partial charge in [0.2, 0.25) is 0 Å². The SMILES string of the molecule is CC(C)CCC[C@@H](C)[C@H]1CC[C@H]2[C@@H]3CC[C@@H]4C[C@@H](N5CCCCC5)CC[C@]4(C)[C@H]3CC[C@]12C. The van der Waals surface area contributed by atoms with Crippen LogP contribution >= 0.6 is 0 Å². The minimum atomic E-state index is 0.659. The molecule has 0 aromatic carbocycles. The monoisotopic (exact) mass is 455 g/mol. The average molecular weight is 456 g/mol. The summed E-state index contributed by atoms with van der Waals surface area (Å²) in [7, 11) is 0. The van der Waals surface area contributed by atoms with Crippen molar-refractivity contribution in [1.29, 1.82) is 0 Å². The Kier molecular flexibility index (Phi) is 7.31. The summed E-state index contributed by atoms with van der Waals surface area (Å²) in [4.78, 5) is 2.91. The van der Waals surface area contributed by atoms with Gasteiger partial charge < -0.3 is 4.90 Å². The first-order valence-electron chi connectivity index (χ1n) is 15.6. The van der Waals surface area contributed by atoms with Crippen LogP contribution < -0.4 is 0 Å². The molecule has 1 heteroatoms. The molecule has 5 rings (SSSR count). The number of likely N-dealkylation sites (tertiary alicyclic amines) is 1. The molecule has 1 heterocycles. The molecule has 5 fully saturated rings. The molecule has 0 spiro atoms. The third kappa shape index (κ3) is 4.49. The summed E-state index contributed by atoms with van der Waals surface area (Å²) in [5.74, 6) is 7.01. The van der Waals surface area contributed by atoms with Crippen molar-refractivity contribution in [3.63, 3.8) is 0 Å². The maximum Gasteiger partial charge on any atom is 0.00983 e. The van der Waals surface area contributed by atoms with Crippen LogP contribution in [-0.2, 0) is 0 Å². The Labute approximate surface area is 207 Å². The van der Waals surface area contributed by atoms with Gasteiger partial charge in [0.25, 0.3) is 0 Å². The van der Waals surface area contributed by atoms with E-state index in [-0.39, 0.29) is 0 Å². The van der Waals surface area contributed by atoms with Gasteiger partial charge >= 0.3 is 0 Å². The largest absolute Gasteiger partial charge is 0.300 e. The van der Waals surface area contributed by atoms with Gasteiger partial charge in [-0.05, 0) is 136 Å². The first kappa shape index (κ1) is 24.6. The Balaban J connectivity index is 1.24. The summed E-state index contributed by atoms with van der Waals surface area (Å²) in [6.07, 6.45) is 22.7. The summed E-state index contributed by atoms with van der Waals surface area (Å²) in [6.45, 7) is 15.8. The van der Waals surface area contributed by atoms with E-state index in [2.05, 4.69) is 39.5 Å². The van der Waals surface area contributed by atoms with Crippen molar-refractivity contribution < 1.29 is 0 Å². The zero-order valence-corrected chi connectivity index (χ0v) is 23.1. The zero-order valence-electron chi connectivity index (χ0n) is 23.1. The van der Waals surface area contributed by atoms with Crippen LogP contribution in [0.5, 0.6) is 0 Å². The molecule has 0 radical (unpaired) electrons. The van der Waals surface area contributed by atoms with E-state index < -0.39 is 0 Å². The molecule has 0 aromatic rings. The van der Waals surface area contributed by atoms with Crippen LogP contribution in [0.4, 0.5) is 0 Å². The van der Waals surface area contributed by atoms with Gasteiger partial charge in [-0.15, -0.1) is 0 Å². The van der Waals surface area contributed by atoms with Gasteiger partial charge in [-0.3, -0.25) is 0 Å². The lowest BCUT2D eigenvalue weighted by Gasteiger charge is -2.62. The highest BCUT2D eigenvalue weighted by Crippen LogP contribution is 2.68. The Bertz CT molecular complexity index is 649. The van der Waals surface area contributed by atoms with Gasteiger partial charge in [0, 0.05) is 6.04 Å². The van der Waals surface area contributed by atoms with E-state index in [0.717, 1.165) is 47.5 Å². The quantitative estimate of drug-likeness (QED) is 0.386. The third-order valence-electron chi connectivity index (χ3n) is 12.7. The topological polar surface area (TPSA) is 3.24 Å². The van der Waals surface area contributed by atoms with Crippen LogP contribution in [0.1, 0.15) is 131 Å². The molecule has 1 aliphatic heterocycles. The highest BCUT2D eigenvalue weighted by atomic mass is 15.2. The van der Waals surface area contributed by atoms with E-state index in [1.807, 2.05) is 0 Å². The smallest absolute Gasteiger partial charge is 0.00983 e. The van der Waals surface area contributed by atoms with Crippen molar-refractivity contribution in [2.75, 3.05) is 13.1 Å². The molecule has 4 saturated carbocycles. The molecule has 0 aromatic heterocycles. The molecule has 5 aliphatic rings. The predicted octanol–water partition coefficient (Wildman–Crippen LogP) is 8.96. The normalized spacial score (nSPS) is 47.1. The first-order valence-corrected chi connectivity index (χ1v) is 15.6.